The van der Waals surface area contributed by atoms with Crippen molar-refractivity contribution in [2.24, 2.45) is 0 Å². The van der Waals surface area contributed by atoms with Crippen LogP contribution in [-0.4, -0.2) is 5.91 Å². The minimum absolute atomic E-state index is 0.0537. The lowest BCUT2D eigenvalue weighted by atomic mass is 10.1. The minimum Gasteiger partial charge on any atom is -0.345 e. The van der Waals surface area contributed by atoms with Crippen molar-refractivity contribution in [3.05, 3.63) is 68.6 Å². The van der Waals surface area contributed by atoms with Gasteiger partial charge in [0.15, 0.2) is 0 Å². The summed E-state index contributed by atoms with van der Waals surface area (Å²) in [7, 11) is 0. The Kier molecular flexibility index (Phi) is 4.77. The van der Waals surface area contributed by atoms with Gasteiger partial charge in [-0.1, -0.05) is 56.1 Å². The van der Waals surface area contributed by atoms with Gasteiger partial charge in [-0.25, -0.2) is 0 Å². The normalized spacial score (nSPS) is 11.9. The van der Waals surface area contributed by atoms with E-state index in [1.165, 1.54) is 0 Å². The van der Waals surface area contributed by atoms with Crippen molar-refractivity contribution in [1.82, 2.24) is 5.32 Å². The molecule has 2 aromatic rings. The van der Waals surface area contributed by atoms with Crippen LogP contribution in [0.3, 0.4) is 0 Å². The van der Waals surface area contributed by atoms with Crippen molar-refractivity contribution in [1.29, 1.82) is 0 Å². The minimum atomic E-state index is -0.0791. The second kappa shape index (κ2) is 6.35. The first-order chi connectivity index (χ1) is 9.08. The van der Waals surface area contributed by atoms with Crippen LogP contribution < -0.4 is 5.32 Å². The van der Waals surface area contributed by atoms with Gasteiger partial charge in [0.05, 0.1) is 6.04 Å². The molecule has 1 amide bonds. The van der Waals surface area contributed by atoms with Crippen LogP contribution in [-0.2, 0) is 0 Å². The summed E-state index contributed by atoms with van der Waals surface area (Å²) in [6.07, 6.45) is 0. The lowest BCUT2D eigenvalue weighted by Gasteiger charge is -2.16. The lowest BCUT2D eigenvalue weighted by molar-refractivity contribution is 0.0939. The topological polar surface area (TPSA) is 29.1 Å². The lowest BCUT2D eigenvalue weighted by Crippen LogP contribution is -2.26. The highest BCUT2D eigenvalue weighted by molar-refractivity contribution is 9.10. The number of hydrogen-bond donors (Lipinski definition) is 1. The second-order valence-electron chi connectivity index (χ2n) is 4.23. The maximum absolute atomic E-state index is 12.1. The first-order valence-corrected chi connectivity index (χ1v) is 7.47. The molecule has 4 heteroatoms. The Morgan fingerprint density at radius 3 is 2.53 bits per heavy atom. The fourth-order valence-electron chi connectivity index (χ4n) is 1.81. The van der Waals surface area contributed by atoms with Gasteiger partial charge in [0, 0.05) is 14.5 Å². The average molecular weight is 383 g/mol. The van der Waals surface area contributed by atoms with Crippen LogP contribution in [0, 0.1) is 0 Å². The predicted octanol–water partition coefficient (Wildman–Crippen LogP) is 4.70. The van der Waals surface area contributed by atoms with Crippen LogP contribution in [0.4, 0.5) is 0 Å². The van der Waals surface area contributed by atoms with Gasteiger partial charge in [0.1, 0.15) is 0 Å². The molecule has 0 aliphatic rings. The van der Waals surface area contributed by atoms with E-state index in [9.17, 15) is 4.79 Å². The summed E-state index contributed by atoms with van der Waals surface area (Å²) < 4.78 is 1.89. The third-order valence-electron chi connectivity index (χ3n) is 2.81. The highest BCUT2D eigenvalue weighted by atomic mass is 79.9. The molecule has 0 aromatic heterocycles. The molecule has 2 nitrogen and oxygen atoms in total. The van der Waals surface area contributed by atoms with E-state index >= 15 is 0 Å². The zero-order valence-corrected chi connectivity index (χ0v) is 13.5. The number of amides is 1. The molecule has 19 heavy (non-hydrogen) atoms. The van der Waals surface area contributed by atoms with E-state index in [-0.39, 0.29) is 11.9 Å². The van der Waals surface area contributed by atoms with Crippen LogP contribution in [0.25, 0.3) is 0 Å². The number of nitrogens with one attached hydrogen (secondary N) is 1. The fraction of sp³-hybridized carbons (Fsp3) is 0.133. The van der Waals surface area contributed by atoms with E-state index in [0.29, 0.717) is 5.56 Å². The summed E-state index contributed by atoms with van der Waals surface area (Å²) in [5.74, 6) is -0.0791. The molecule has 0 unspecified atom stereocenters. The Morgan fingerprint density at radius 1 is 1.11 bits per heavy atom. The highest BCUT2D eigenvalue weighted by Crippen LogP contribution is 2.23. The van der Waals surface area contributed by atoms with Crippen LogP contribution in [0.5, 0.6) is 0 Å². The Morgan fingerprint density at radius 2 is 1.84 bits per heavy atom. The molecule has 2 rings (SSSR count). The standard InChI is InChI=1S/C15H13Br2NO/c1-10(13-7-2-3-8-14(13)17)18-15(19)11-5-4-6-12(16)9-11/h2-10H,1H3,(H,18,19)/t10-/m0/s1. The maximum Gasteiger partial charge on any atom is 0.251 e. The molecule has 2 aromatic carbocycles. The SMILES string of the molecule is C[C@H](NC(=O)c1cccc(Br)c1)c1ccccc1Br. The van der Waals surface area contributed by atoms with Crippen LogP contribution in [0.15, 0.2) is 57.5 Å². The molecule has 1 N–H and O–H groups in total. The average Bonchev–Trinajstić information content (AvgIpc) is 2.39. The number of rotatable bonds is 3. The summed E-state index contributed by atoms with van der Waals surface area (Å²) in [5, 5.41) is 2.99. The first kappa shape index (κ1) is 14.3. The number of halogens is 2. The monoisotopic (exact) mass is 381 g/mol. The van der Waals surface area contributed by atoms with Gasteiger partial charge >= 0.3 is 0 Å². The Bertz CT molecular complexity index is 598. The quantitative estimate of drug-likeness (QED) is 0.818. The molecule has 98 valence electrons. The van der Waals surface area contributed by atoms with E-state index in [0.717, 1.165) is 14.5 Å². The third-order valence-corrected chi connectivity index (χ3v) is 4.02. The van der Waals surface area contributed by atoms with E-state index in [1.807, 2.05) is 49.4 Å². The Hall–Kier alpha value is -1.13. The molecular formula is C15H13Br2NO. The van der Waals surface area contributed by atoms with Crippen molar-refractivity contribution in [2.45, 2.75) is 13.0 Å². The van der Waals surface area contributed by atoms with E-state index in [1.54, 1.807) is 6.07 Å². The van der Waals surface area contributed by atoms with Crippen LogP contribution in [0.1, 0.15) is 28.9 Å². The van der Waals surface area contributed by atoms with Crippen LogP contribution >= 0.6 is 31.9 Å². The Balaban J connectivity index is 2.13. The van der Waals surface area contributed by atoms with Crippen molar-refractivity contribution >= 4 is 37.8 Å². The zero-order chi connectivity index (χ0) is 13.8. The Labute approximate surface area is 129 Å². The van der Waals surface area contributed by atoms with Gasteiger partial charge in [0.25, 0.3) is 5.91 Å². The zero-order valence-electron chi connectivity index (χ0n) is 10.4. The van der Waals surface area contributed by atoms with Crippen molar-refractivity contribution in [3.8, 4) is 0 Å². The van der Waals surface area contributed by atoms with E-state index in [4.69, 9.17) is 0 Å². The molecule has 0 bridgehead atoms. The molecule has 1 atom stereocenters. The molecule has 0 fully saturated rings. The summed E-state index contributed by atoms with van der Waals surface area (Å²) in [6, 6.07) is 15.2. The smallest absolute Gasteiger partial charge is 0.251 e. The number of carbonyl (C=O) groups is 1. The van der Waals surface area contributed by atoms with Gasteiger partial charge in [-0.05, 0) is 36.8 Å². The molecule has 0 aliphatic carbocycles. The van der Waals surface area contributed by atoms with Gasteiger partial charge in [-0.3, -0.25) is 4.79 Å². The third kappa shape index (κ3) is 3.67. The van der Waals surface area contributed by atoms with Gasteiger partial charge in [-0.15, -0.1) is 0 Å². The molecule has 0 radical (unpaired) electrons. The maximum atomic E-state index is 12.1. The first-order valence-electron chi connectivity index (χ1n) is 5.89. The van der Waals surface area contributed by atoms with Crippen molar-refractivity contribution in [3.63, 3.8) is 0 Å². The fourth-order valence-corrected chi connectivity index (χ4v) is 2.84. The molecule has 0 spiro atoms. The largest absolute Gasteiger partial charge is 0.345 e. The highest BCUT2D eigenvalue weighted by Gasteiger charge is 2.13. The van der Waals surface area contributed by atoms with Gasteiger partial charge in [-0.2, -0.15) is 0 Å². The van der Waals surface area contributed by atoms with Crippen LogP contribution in [0.2, 0.25) is 0 Å². The molecule has 0 saturated heterocycles. The van der Waals surface area contributed by atoms with Gasteiger partial charge in [0.2, 0.25) is 0 Å². The predicted molar refractivity (Wildman–Crippen MR) is 84.2 cm³/mol. The summed E-state index contributed by atoms with van der Waals surface area (Å²) in [4.78, 5) is 12.1. The molecule has 0 heterocycles. The van der Waals surface area contributed by atoms with E-state index in [2.05, 4.69) is 37.2 Å². The van der Waals surface area contributed by atoms with E-state index < -0.39 is 0 Å². The van der Waals surface area contributed by atoms with Crippen molar-refractivity contribution < 1.29 is 4.79 Å². The number of carbonyl (C=O) groups excluding carboxylic acids is 1. The summed E-state index contributed by atoms with van der Waals surface area (Å²) in [6.45, 7) is 1.97. The molecule has 0 saturated carbocycles. The summed E-state index contributed by atoms with van der Waals surface area (Å²) in [5.41, 5.74) is 1.71. The molecule has 0 aliphatic heterocycles. The summed E-state index contributed by atoms with van der Waals surface area (Å²) >= 11 is 6.86. The number of benzene rings is 2. The second-order valence-corrected chi connectivity index (χ2v) is 6.00. The van der Waals surface area contributed by atoms with Crippen molar-refractivity contribution in [2.75, 3.05) is 0 Å². The van der Waals surface area contributed by atoms with Gasteiger partial charge < -0.3 is 5.32 Å². The molecular weight excluding hydrogens is 370 g/mol. The number of hydrogen-bond acceptors (Lipinski definition) is 1.